The topological polar surface area (TPSA) is 40.5 Å². The number of phenols is 2. The average molecular weight is 370 g/mol. The predicted octanol–water partition coefficient (Wildman–Crippen LogP) is 6.87. The van der Waals surface area contributed by atoms with E-state index in [1.807, 2.05) is 30.3 Å². The number of hydrogen-bond donors (Lipinski definition) is 2. The van der Waals surface area contributed by atoms with Crippen molar-refractivity contribution >= 4 is 21.5 Å². The maximum Gasteiger partial charge on any atom is 0.119 e. The molecule has 2 nitrogen and oxygen atoms in total. The molecule has 0 aliphatic rings. The van der Waals surface area contributed by atoms with E-state index in [1.54, 1.807) is 0 Å². The molecule has 4 aromatic carbocycles. The molecule has 0 aliphatic carbocycles. The van der Waals surface area contributed by atoms with Gasteiger partial charge in [-0.2, -0.15) is 0 Å². The van der Waals surface area contributed by atoms with E-state index in [-0.39, 0.29) is 11.8 Å². The Hall–Kier alpha value is -3.00. The van der Waals surface area contributed by atoms with Crippen molar-refractivity contribution < 1.29 is 10.2 Å². The van der Waals surface area contributed by atoms with E-state index in [0.717, 1.165) is 39.1 Å². The van der Waals surface area contributed by atoms with Crippen LogP contribution in [0.5, 0.6) is 11.5 Å². The van der Waals surface area contributed by atoms with Gasteiger partial charge >= 0.3 is 0 Å². The fourth-order valence-corrected chi connectivity index (χ4v) is 4.05. The summed E-state index contributed by atoms with van der Waals surface area (Å²) in [5.41, 5.74) is 3.19. The van der Waals surface area contributed by atoms with Gasteiger partial charge in [0.1, 0.15) is 11.5 Å². The van der Waals surface area contributed by atoms with E-state index in [0.29, 0.717) is 11.5 Å². The van der Waals surface area contributed by atoms with E-state index in [2.05, 4.69) is 57.2 Å². The standard InChI is InChI=1S/C26H26O2/c1-16(2)23-13-22-11-18(8-9-21(22)15-25(23)27)10-17(3)24-12-19-6-4-5-7-20(19)14-26(24)28/h4-9,11-17,27-28H,10H2,1-3H3. The Balaban J connectivity index is 1.67. The number of hydrogen-bond acceptors (Lipinski definition) is 2. The van der Waals surface area contributed by atoms with Crippen LogP contribution in [0.3, 0.4) is 0 Å². The van der Waals surface area contributed by atoms with Crippen molar-refractivity contribution in [2.75, 3.05) is 0 Å². The summed E-state index contributed by atoms with van der Waals surface area (Å²) in [7, 11) is 0. The molecular weight excluding hydrogens is 344 g/mol. The summed E-state index contributed by atoms with van der Waals surface area (Å²) < 4.78 is 0. The number of phenolic OH excluding ortho intramolecular Hbond substituents is 2. The van der Waals surface area contributed by atoms with Gasteiger partial charge in [0, 0.05) is 0 Å². The Morgan fingerprint density at radius 2 is 1.21 bits per heavy atom. The summed E-state index contributed by atoms with van der Waals surface area (Å²) in [6.07, 6.45) is 0.847. The maximum atomic E-state index is 10.5. The van der Waals surface area contributed by atoms with E-state index in [1.165, 1.54) is 5.56 Å². The van der Waals surface area contributed by atoms with Gasteiger partial charge in [-0.15, -0.1) is 0 Å². The highest BCUT2D eigenvalue weighted by molar-refractivity contribution is 5.86. The van der Waals surface area contributed by atoms with Gasteiger partial charge in [-0.25, -0.2) is 0 Å². The Morgan fingerprint density at radius 3 is 1.89 bits per heavy atom. The molecule has 0 saturated carbocycles. The molecule has 0 spiro atoms. The summed E-state index contributed by atoms with van der Waals surface area (Å²) in [6.45, 7) is 6.34. The molecule has 142 valence electrons. The SMILES string of the molecule is CC(C)c1cc2cc(CC(C)c3cc4ccccc4cc3O)ccc2cc1O. The van der Waals surface area contributed by atoms with Crippen LogP contribution < -0.4 is 0 Å². The van der Waals surface area contributed by atoms with Crippen molar-refractivity contribution in [3.05, 3.63) is 83.4 Å². The third-order valence-corrected chi connectivity index (χ3v) is 5.64. The zero-order chi connectivity index (χ0) is 19.8. The second-order valence-electron chi connectivity index (χ2n) is 8.11. The van der Waals surface area contributed by atoms with Gasteiger partial charge in [-0.05, 0) is 80.8 Å². The maximum absolute atomic E-state index is 10.5. The zero-order valence-corrected chi connectivity index (χ0v) is 16.6. The van der Waals surface area contributed by atoms with Crippen LogP contribution in [0.4, 0.5) is 0 Å². The Kier molecular flexibility index (Phi) is 4.72. The van der Waals surface area contributed by atoms with Gasteiger partial charge < -0.3 is 10.2 Å². The highest BCUT2D eigenvalue weighted by atomic mass is 16.3. The van der Waals surface area contributed by atoms with Crippen LogP contribution in [-0.2, 0) is 6.42 Å². The monoisotopic (exact) mass is 370 g/mol. The summed E-state index contributed by atoms with van der Waals surface area (Å²) in [4.78, 5) is 0. The largest absolute Gasteiger partial charge is 0.508 e. The average Bonchev–Trinajstić information content (AvgIpc) is 2.66. The molecule has 2 N–H and O–H groups in total. The lowest BCUT2D eigenvalue weighted by Crippen LogP contribution is -1.99. The lowest BCUT2D eigenvalue weighted by Gasteiger charge is -2.16. The first kappa shape index (κ1) is 18.4. The Labute approximate surface area is 166 Å². The summed E-state index contributed by atoms with van der Waals surface area (Å²) >= 11 is 0. The van der Waals surface area contributed by atoms with Crippen LogP contribution in [0.1, 0.15) is 49.3 Å². The summed E-state index contributed by atoms with van der Waals surface area (Å²) in [5.74, 6) is 1.20. The number of rotatable bonds is 4. The molecule has 0 heterocycles. The molecule has 28 heavy (non-hydrogen) atoms. The molecule has 4 aromatic rings. The van der Waals surface area contributed by atoms with Crippen LogP contribution in [0.25, 0.3) is 21.5 Å². The third kappa shape index (κ3) is 3.43. The smallest absolute Gasteiger partial charge is 0.119 e. The molecular formula is C26H26O2. The molecule has 0 aromatic heterocycles. The molecule has 0 saturated heterocycles. The zero-order valence-electron chi connectivity index (χ0n) is 16.6. The van der Waals surface area contributed by atoms with Gasteiger partial charge in [0.05, 0.1) is 0 Å². The van der Waals surface area contributed by atoms with E-state index in [9.17, 15) is 10.2 Å². The fourth-order valence-electron chi connectivity index (χ4n) is 4.05. The first-order valence-electron chi connectivity index (χ1n) is 9.89. The minimum Gasteiger partial charge on any atom is -0.508 e. The van der Waals surface area contributed by atoms with Gasteiger partial charge in [-0.3, -0.25) is 0 Å². The molecule has 0 amide bonds. The first-order chi connectivity index (χ1) is 13.4. The van der Waals surface area contributed by atoms with Crippen molar-refractivity contribution in [1.82, 2.24) is 0 Å². The molecule has 0 fully saturated rings. The Bertz CT molecular complexity index is 1160. The first-order valence-corrected chi connectivity index (χ1v) is 9.89. The van der Waals surface area contributed by atoms with Crippen molar-refractivity contribution in [3.8, 4) is 11.5 Å². The van der Waals surface area contributed by atoms with E-state index in [4.69, 9.17) is 0 Å². The minimum atomic E-state index is 0.198. The molecule has 2 heteroatoms. The quantitative estimate of drug-likeness (QED) is 0.411. The van der Waals surface area contributed by atoms with Crippen LogP contribution in [0.15, 0.2) is 66.7 Å². The lowest BCUT2D eigenvalue weighted by atomic mass is 9.90. The van der Waals surface area contributed by atoms with Gasteiger partial charge in [0.15, 0.2) is 0 Å². The number of aromatic hydroxyl groups is 2. The van der Waals surface area contributed by atoms with Crippen LogP contribution in [0, 0.1) is 0 Å². The van der Waals surface area contributed by atoms with Gasteiger partial charge in [-0.1, -0.05) is 63.2 Å². The van der Waals surface area contributed by atoms with Crippen LogP contribution in [0.2, 0.25) is 0 Å². The van der Waals surface area contributed by atoms with Crippen molar-refractivity contribution in [2.45, 2.75) is 39.0 Å². The third-order valence-electron chi connectivity index (χ3n) is 5.64. The minimum absolute atomic E-state index is 0.198. The molecule has 1 atom stereocenters. The van der Waals surface area contributed by atoms with Gasteiger partial charge in [0.2, 0.25) is 0 Å². The fraction of sp³-hybridized carbons (Fsp3) is 0.231. The van der Waals surface area contributed by atoms with E-state index >= 15 is 0 Å². The van der Waals surface area contributed by atoms with Gasteiger partial charge in [0.25, 0.3) is 0 Å². The van der Waals surface area contributed by atoms with E-state index < -0.39 is 0 Å². The van der Waals surface area contributed by atoms with Crippen molar-refractivity contribution in [3.63, 3.8) is 0 Å². The number of fused-ring (bicyclic) bond motifs is 2. The predicted molar refractivity (Wildman–Crippen MR) is 117 cm³/mol. The highest BCUT2D eigenvalue weighted by Crippen LogP contribution is 2.34. The summed E-state index contributed by atoms with van der Waals surface area (Å²) in [5, 5.41) is 25.2. The lowest BCUT2D eigenvalue weighted by molar-refractivity contribution is 0.463. The normalized spacial score (nSPS) is 12.7. The second kappa shape index (κ2) is 7.20. The highest BCUT2D eigenvalue weighted by Gasteiger charge is 2.14. The van der Waals surface area contributed by atoms with Crippen LogP contribution in [-0.4, -0.2) is 10.2 Å². The molecule has 0 radical (unpaired) electrons. The second-order valence-corrected chi connectivity index (χ2v) is 8.11. The number of benzene rings is 4. The molecule has 1 unspecified atom stereocenters. The van der Waals surface area contributed by atoms with Crippen molar-refractivity contribution in [2.24, 2.45) is 0 Å². The molecule has 0 aliphatic heterocycles. The summed E-state index contributed by atoms with van der Waals surface area (Å²) in [6, 6.07) is 22.4. The Morgan fingerprint density at radius 1 is 0.643 bits per heavy atom. The molecule has 4 rings (SSSR count). The van der Waals surface area contributed by atoms with Crippen molar-refractivity contribution in [1.29, 1.82) is 0 Å². The van der Waals surface area contributed by atoms with Crippen LogP contribution >= 0.6 is 0 Å². The molecule has 0 bridgehead atoms.